The van der Waals surface area contributed by atoms with E-state index in [2.05, 4.69) is 17.6 Å². The van der Waals surface area contributed by atoms with E-state index in [0.717, 1.165) is 17.8 Å². The van der Waals surface area contributed by atoms with E-state index in [0.29, 0.717) is 17.4 Å². The molecule has 2 aliphatic rings. The molecule has 2 amide bonds. The molecule has 0 spiro atoms. The second-order valence-corrected chi connectivity index (χ2v) is 5.59. The second-order valence-electron chi connectivity index (χ2n) is 5.59. The van der Waals surface area contributed by atoms with E-state index in [1.807, 2.05) is 6.07 Å². The number of fused-ring (bicyclic) bond motifs is 1. The van der Waals surface area contributed by atoms with Crippen molar-refractivity contribution >= 4 is 17.5 Å². The fourth-order valence-electron chi connectivity index (χ4n) is 2.14. The summed E-state index contributed by atoms with van der Waals surface area (Å²) in [5.41, 5.74) is 2.65. The van der Waals surface area contributed by atoms with Crippen molar-refractivity contribution in [3.8, 4) is 0 Å². The zero-order valence-electron chi connectivity index (χ0n) is 10.4. The van der Waals surface area contributed by atoms with E-state index in [-0.39, 0.29) is 11.8 Å². The summed E-state index contributed by atoms with van der Waals surface area (Å²) in [6.07, 6.45) is 2.79. The monoisotopic (exact) mass is 244 g/mol. The lowest BCUT2D eigenvalue weighted by atomic mass is 10.1. The van der Waals surface area contributed by atoms with Gasteiger partial charge in [-0.05, 0) is 36.0 Å². The Kier molecular flexibility index (Phi) is 2.40. The summed E-state index contributed by atoms with van der Waals surface area (Å²) in [6.45, 7) is 2.91. The molecule has 0 saturated heterocycles. The lowest BCUT2D eigenvalue weighted by Crippen LogP contribution is -2.28. The van der Waals surface area contributed by atoms with Crippen LogP contribution >= 0.6 is 0 Å². The number of hydrogen-bond donors (Lipinski definition) is 2. The average Bonchev–Trinajstić information content (AvgIpc) is 2.95. The number of carbonyl (C=O) groups excluding carboxylic acids is 2. The lowest BCUT2D eigenvalue weighted by molar-refractivity contribution is -0.115. The number of rotatable bonds is 3. The molecule has 0 bridgehead atoms. The smallest absolute Gasteiger partial charge is 0.251 e. The van der Waals surface area contributed by atoms with Crippen molar-refractivity contribution in [3.05, 3.63) is 29.3 Å². The van der Waals surface area contributed by atoms with E-state index in [4.69, 9.17) is 0 Å². The summed E-state index contributed by atoms with van der Waals surface area (Å²) in [5.74, 6) is -0.0693. The highest BCUT2D eigenvalue weighted by molar-refractivity contribution is 6.02. The van der Waals surface area contributed by atoms with Crippen LogP contribution in [0.25, 0.3) is 0 Å². The number of benzene rings is 1. The van der Waals surface area contributed by atoms with Gasteiger partial charge in [0, 0.05) is 17.8 Å². The van der Waals surface area contributed by atoms with Crippen LogP contribution in [0, 0.1) is 5.41 Å². The Balaban J connectivity index is 1.70. The molecule has 2 N–H and O–H groups in total. The topological polar surface area (TPSA) is 58.2 Å². The van der Waals surface area contributed by atoms with Crippen molar-refractivity contribution in [3.63, 3.8) is 0 Å². The van der Waals surface area contributed by atoms with Crippen molar-refractivity contribution in [1.82, 2.24) is 5.32 Å². The molecule has 0 radical (unpaired) electrons. The Bertz CT molecular complexity index is 533. The molecule has 18 heavy (non-hydrogen) atoms. The Morgan fingerprint density at radius 1 is 1.44 bits per heavy atom. The van der Waals surface area contributed by atoms with Gasteiger partial charge < -0.3 is 10.6 Å². The molecule has 1 aliphatic heterocycles. The molecule has 0 atom stereocenters. The number of amides is 2. The van der Waals surface area contributed by atoms with Crippen molar-refractivity contribution in [2.45, 2.75) is 26.2 Å². The molecule has 1 aromatic rings. The van der Waals surface area contributed by atoms with E-state index in [9.17, 15) is 9.59 Å². The molecule has 94 valence electrons. The zero-order valence-corrected chi connectivity index (χ0v) is 10.4. The van der Waals surface area contributed by atoms with Gasteiger partial charge in [-0.1, -0.05) is 13.0 Å². The van der Waals surface area contributed by atoms with Crippen LogP contribution in [0.2, 0.25) is 0 Å². The maximum Gasteiger partial charge on any atom is 0.251 e. The third-order valence-electron chi connectivity index (χ3n) is 3.78. The van der Waals surface area contributed by atoms with Crippen LogP contribution in [0.15, 0.2) is 18.2 Å². The molecule has 1 heterocycles. The van der Waals surface area contributed by atoms with Gasteiger partial charge in [0.25, 0.3) is 5.91 Å². The van der Waals surface area contributed by atoms with Gasteiger partial charge in [-0.3, -0.25) is 9.59 Å². The largest absolute Gasteiger partial charge is 0.351 e. The molecule has 4 nitrogen and oxygen atoms in total. The van der Waals surface area contributed by atoms with Crippen LogP contribution in [0.5, 0.6) is 0 Å². The lowest BCUT2D eigenvalue weighted by Gasteiger charge is -2.10. The summed E-state index contributed by atoms with van der Waals surface area (Å²) < 4.78 is 0. The fourth-order valence-corrected chi connectivity index (χ4v) is 2.14. The van der Waals surface area contributed by atoms with Gasteiger partial charge in [0.15, 0.2) is 0 Å². The van der Waals surface area contributed by atoms with E-state index in [1.54, 1.807) is 12.1 Å². The minimum absolute atomic E-state index is 0.00644. The van der Waals surface area contributed by atoms with Crippen molar-refractivity contribution in [2.75, 3.05) is 11.9 Å². The van der Waals surface area contributed by atoms with E-state index >= 15 is 0 Å². The maximum atomic E-state index is 12.0. The highest BCUT2D eigenvalue weighted by Gasteiger charge is 2.37. The minimum atomic E-state index is -0.0629. The average molecular weight is 244 g/mol. The predicted molar refractivity (Wildman–Crippen MR) is 68.4 cm³/mol. The van der Waals surface area contributed by atoms with Crippen molar-refractivity contribution < 1.29 is 9.59 Å². The first-order valence-corrected chi connectivity index (χ1v) is 6.27. The van der Waals surface area contributed by atoms with Gasteiger partial charge in [0.05, 0.1) is 6.42 Å². The van der Waals surface area contributed by atoms with Crippen LogP contribution in [-0.4, -0.2) is 18.4 Å². The minimum Gasteiger partial charge on any atom is -0.351 e. The number of carbonyl (C=O) groups is 2. The van der Waals surface area contributed by atoms with Gasteiger partial charge in [-0.2, -0.15) is 0 Å². The van der Waals surface area contributed by atoms with Crippen LogP contribution in [0.3, 0.4) is 0 Å². The Labute approximate surface area is 106 Å². The quantitative estimate of drug-likeness (QED) is 0.850. The van der Waals surface area contributed by atoms with Crippen LogP contribution in [0.4, 0.5) is 5.69 Å². The molecular formula is C14H16N2O2. The van der Waals surface area contributed by atoms with Crippen LogP contribution in [-0.2, 0) is 11.2 Å². The van der Waals surface area contributed by atoms with Crippen LogP contribution < -0.4 is 10.6 Å². The van der Waals surface area contributed by atoms with Gasteiger partial charge >= 0.3 is 0 Å². The van der Waals surface area contributed by atoms with Gasteiger partial charge in [0.2, 0.25) is 5.91 Å². The summed E-state index contributed by atoms with van der Waals surface area (Å²) in [5, 5.41) is 5.71. The molecule has 3 rings (SSSR count). The summed E-state index contributed by atoms with van der Waals surface area (Å²) in [4.78, 5) is 23.2. The third-order valence-corrected chi connectivity index (χ3v) is 3.78. The summed E-state index contributed by atoms with van der Waals surface area (Å²) >= 11 is 0. The number of nitrogens with one attached hydrogen (secondary N) is 2. The molecule has 0 unspecified atom stereocenters. The van der Waals surface area contributed by atoms with Crippen LogP contribution in [0.1, 0.15) is 35.7 Å². The zero-order chi connectivity index (χ0) is 12.8. The number of anilines is 1. The SMILES string of the molecule is CC1(CNC(=O)c2ccc3c(c2)NC(=O)C3)CC1. The first-order chi connectivity index (χ1) is 8.56. The first-order valence-electron chi connectivity index (χ1n) is 6.27. The van der Waals surface area contributed by atoms with Crippen molar-refractivity contribution in [2.24, 2.45) is 5.41 Å². The Hall–Kier alpha value is -1.84. The molecule has 1 aromatic carbocycles. The summed E-state index contributed by atoms with van der Waals surface area (Å²) in [7, 11) is 0. The van der Waals surface area contributed by atoms with Gasteiger partial charge in [-0.25, -0.2) is 0 Å². The predicted octanol–water partition coefficient (Wildman–Crippen LogP) is 1.71. The summed E-state index contributed by atoms with van der Waals surface area (Å²) in [6, 6.07) is 5.38. The highest BCUT2D eigenvalue weighted by atomic mass is 16.2. The molecular weight excluding hydrogens is 228 g/mol. The third kappa shape index (κ3) is 2.10. The molecule has 0 aromatic heterocycles. The Morgan fingerprint density at radius 2 is 2.22 bits per heavy atom. The number of hydrogen-bond acceptors (Lipinski definition) is 2. The normalized spacial score (nSPS) is 19.1. The van der Waals surface area contributed by atoms with Crippen molar-refractivity contribution in [1.29, 1.82) is 0 Å². The fraction of sp³-hybridized carbons (Fsp3) is 0.429. The molecule has 1 aliphatic carbocycles. The standard InChI is InChI=1S/C14H16N2O2/c1-14(4-5-14)8-15-13(18)10-3-2-9-7-12(17)16-11(9)6-10/h2-3,6H,4-5,7-8H2,1H3,(H,15,18)(H,16,17). The Morgan fingerprint density at radius 3 is 2.94 bits per heavy atom. The molecule has 1 saturated carbocycles. The molecule has 1 fully saturated rings. The van der Waals surface area contributed by atoms with Gasteiger partial charge in [-0.15, -0.1) is 0 Å². The van der Waals surface area contributed by atoms with E-state index in [1.165, 1.54) is 12.8 Å². The highest BCUT2D eigenvalue weighted by Crippen LogP contribution is 2.44. The maximum absolute atomic E-state index is 12.0. The first kappa shape index (κ1) is 11.3. The second kappa shape index (κ2) is 3.83. The molecule has 4 heteroatoms. The van der Waals surface area contributed by atoms with Gasteiger partial charge in [0.1, 0.15) is 0 Å². The van der Waals surface area contributed by atoms with E-state index < -0.39 is 0 Å².